The third-order valence-corrected chi connectivity index (χ3v) is 3.48. The summed E-state index contributed by atoms with van der Waals surface area (Å²) in [7, 11) is 3.35. The topological polar surface area (TPSA) is 74.0 Å². The number of methoxy groups -OCH3 is 1. The third kappa shape index (κ3) is 6.28. The zero-order valence-electron chi connectivity index (χ0n) is 15.6. The van der Waals surface area contributed by atoms with Gasteiger partial charge in [0.2, 0.25) is 0 Å². The van der Waals surface area contributed by atoms with Crippen LogP contribution in [0.1, 0.15) is 33.3 Å². The maximum Gasteiger partial charge on any atom is 0.410 e. The minimum atomic E-state index is -0.504. The standard InChI is InChI=1S/C18H30N2O4/c1-13(20(5)17(21)24-18(2,3)4)11-14-7-8-15(23-10-9-19)16(12-14)22-6/h7-8,12-13H,9-11,19H2,1-6H3. The van der Waals surface area contributed by atoms with Gasteiger partial charge >= 0.3 is 6.09 Å². The number of hydrogen-bond donors (Lipinski definition) is 1. The predicted octanol–water partition coefficient (Wildman–Crippen LogP) is 2.83. The van der Waals surface area contributed by atoms with Crippen molar-refractivity contribution in [1.82, 2.24) is 4.90 Å². The van der Waals surface area contributed by atoms with E-state index in [1.54, 1.807) is 19.1 Å². The average Bonchev–Trinajstić information content (AvgIpc) is 2.50. The molecule has 0 fully saturated rings. The van der Waals surface area contributed by atoms with Gasteiger partial charge in [-0.25, -0.2) is 4.79 Å². The summed E-state index contributed by atoms with van der Waals surface area (Å²) in [4.78, 5) is 13.7. The number of nitrogens with two attached hydrogens (primary N) is 1. The van der Waals surface area contributed by atoms with Crippen LogP contribution >= 0.6 is 0 Å². The van der Waals surface area contributed by atoms with E-state index >= 15 is 0 Å². The second-order valence-electron chi connectivity index (χ2n) is 6.77. The lowest BCUT2D eigenvalue weighted by atomic mass is 10.1. The van der Waals surface area contributed by atoms with Crippen LogP contribution in [0.15, 0.2) is 18.2 Å². The fourth-order valence-corrected chi connectivity index (χ4v) is 2.12. The quantitative estimate of drug-likeness (QED) is 0.827. The van der Waals surface area contributed by atoms with Gasteiger partial charge in [0, 0.05) is 19.6 Å². The zero-order valence-corrected chi connectivity index (χ0v) is 15.6. The minimum Gasteiger partial charge on any atom is -0.493 e. The third-order valence-electron chi connectivity index (χ3n) is 3.48. The van der Waals surface area contributed by atoms with Crippen LogP contribution in [0.4, 0.5) is 4.79 Å². The molecule has 6 heteroatoms. The molecule has 0 radical (unpaired) electrons. The van der Waals surface area contributed by atoms with Crippen molar-refractivity contribution >= 4 is 6.09 Å². The lowest BCUT2D eigenvalue weighted by molar-refractivity contribution is 0.0236. The smallest absolute Gasteiger partial charge is 0.410 e. The molecule has 2 N–H and O–H groups in total. The Balaban J connectivity index is 2.75. The Morgan fingerprint density at radius 3 is 2.50 bits per heavy atom. The van der Waals surface area contributed by atoms with Crippen molar-refractivity contribution in [3.05, 3.63) is 23.8 Å². The molecule has 0 saturated carbocycles. The molecule has 0 saturated heterocycles. The number of rotatable bonds is 7. The Labute approximate surface area is 144 Å². The zero-order chi connectivity index (χ0) is 18.3. The van der Waals surface area contributed by atoms with Gasteiger partial charge < -0.3 is 24.8 Å². The lowest BCUT2D eigenvalue weighted by Gasteiger charge is -2.29. The van der Waals surface area contributed by atoms with Crippen LogP contribution in [-0.2, 0) is 11.2 Å². The van der Waals surface area contributed by atoms with Gasteiger partial charge in [-0.05, 0) is 51.8 Å². The van der Waals surface area contributed by atoms with Crippen LogP contribution in [0.3, 0.4) is 0 Å². The summed E-state index contributed by atoms with van der Waals surface area (Å²) in [5.74, 6) is 1.33. The summed E-state index contributed by atoms with van der Waals surface area (Å²) >= 11 is 0. The summed E-state index contributed by atoms with van der Waals surface area (Å²) in [6.45, 7) is 8.43. The second kappa shape index (κ2) is 8.78. The fourth-order valence-electron chi connectivity index (χ4n) is 2.12. The highest BCUT2D eigenvalue weighted by atomic mass is 16.6. The minimum absolute atomic E-state index is 0.0135. The number of benzene rings is 1. The van der Waals surface area contributed by atoms with Crippen LogP contribution < -0.4 is 15.2 Å². The molecular formula is C18H30N2O4. The van der Waals surface area contributed by atoms with E-state index in [0.717, 1.165) is 5.56 Å². The van der Waals surface area contributed by atoms with Crippen LogP contribution in [-0.4, -0.2) is 49.9 Å². The van der Waals surface area contributed by atoms with Crippen molar-refractivity contribution in [3.8, 4) is 11.5 Å². The average molecular weight is 338 g/mol. The van der Waals surface area contributed by atoms with Crippen LogP contribution in [0.5, 0.6) is 11.5 Å². The number of ether oxygens (including phenoxy) is 3. The van der Waals surface area contributed by atoms with E-state index < -0.39 is 5.60 Å². The molecule has 0 aliphatic rings. The van der Waals surface area contributed by atoms with Crippen molar-refractivity contribution in [2.24, 2.45) is 5.73 Å². The first kappa shape index (κ1) is 20.1. The molecule has 24 heavy (non-hydrogen) atoms. The number of nitrogens with zero attached hydrogens (tertiary/aromatic N) is 1. The van der Waals surface area contributed by atoms with Crippen molar-refractivity contribution in [2.45, 2.75) is 45.8 Å². The summed E-state index contributed by atoms with van der Waals surface area (Å²) in [5, 5.41) is 0. The summed E-state index contributed by atoms with van der Waals surface area (Å²) in [5.41, 5.74) is 6.00. The molecule has 136 valence electrons. The maximum atomic E-state index is 12.1. The van der Waals surface area contributed by atoms with E-state index in [1.807, 2.05) is 45.9 Å². The molecule has 0 aliphatic carbocycles. The monoisotopic (exact) mass is 338 g/mol. The summed E-state index contributed by atoms with van der Waals surface area (Å²) in [6, 6.07) is 5.74. The van der Waals surface area contributed by atoms with E-state index in [0.29, 0.717) is 31.1 Å². The van der Waals surface area contributed by atoms with Crippen molar-refractivity contribution in [2.75, 3.05) is 27.3 Å². The Morgan fingerprint density at radius 1 is 1.29 bits per heavy atom. The molecule has 0 aliphatic heterocycles. The first-order valence-corrected chi connectivity index (χ1v) is 8.13. The molecule has 1 amide bonds. The van der Waals surface area contributed by atoms with E-state index in [-0.39, 0.29) is 12.1 Å². The predicted molar refractivity (Wildman–Crippen MR) is 94.7 cm³/mol. The summed E-state index contributed by atoms with van der Waals surface area (Å²) < 4.78 is 16.3. The van der Waals surface area contributed by atoms with Gasteiger partial charge in [-0.2, -0.15) is 0 Å². The van der Waals surface area contributed by atoms with Gasteiger partial charge in [0.05, 0.1) is 7.11 Å². The normalized spacial score (nSPS) is 12.5. The maximum absolute atomic E-state index is 12.1. The highest BCUT2D eigenvalue weighted by Crippen LogP contribution is 2.28. The SMILES string of the molecule is COc1cc(CC(C)N(C)C(=O)OC(C)(C)C)ccc1OCCN. The number of carbonyl (C=O) groups excluding carboxylic acids is 1. The molecule has 1 rings (SSSR count). The number of amides is 1. The van der Waals surface area contributed by atoms with Crippen LogP contribution in [0, 0.1) is 0 Å². The molecule has 0 aromatic heterocycles. The van der Waals surface area contributed by atoms with E-state index in [9.17, 15) is 4.79 Å². The van der Waals surface area contributed by atoms with Crippen molar-refractivity contribution in [1.29, 1.82) is 0 Å². The Morgan fingerprint density at radius 2 is 1.96 bits per heavy atom. The second-order valence-corrected chi connectivity index (χ2v) is 6.77. The lowest BCUT2D eigenvalue weighted by Crippen LogP contribution is -2.40. The van der Waals surface area contributed by atoms with Gasteiger partial charge in [0.1, 0.15) is 12.2 Å². The summed E-state index contributed by atoms with van der Waals surface area (Å²) in [6.07, 6.45) is 0.355. The molecule has 0 bridgehead atoms. The first-order chi connectivity index (χ1) is 11.2. The molecule has 1 unspecified atom stereocenters. The van der Waals surface area contributed by atoms with Crippen LogP contribution in [0.25, 0.3) is 0 Å². The highest BCUT2D eigenvalue weighted by molar-refractivity contribution is 5.68. The molecule has 1 atom stereocenters. The fraction of sp³-hybridized carbons (Fsp3) is 0.611. The van der Waals surface area contributed by atoms with Gasteiger partial charge in [-0.15, -0.1) is 0 Å². The molecule has 6 nitrogen and oxygen atoms in total. The van der Waals surface area contributed by atoms with E-state index in [4.69, 9.17) is 19.9 Å². The highest BCUT2D eigenvalue weighted by Gasteiger charge is 2.23. The van der Waals surface area contributed by atoms with Gasteiger partial charge in [-0.3, -0.25) is 0 Å². The van der Waals surface area contributed by atoms with Gasteiger partial charge in [0.25, 0.3) is 0 Å². The van der Waals surface area contributed by atoms with Crippen LogP contribution in [0.2, 0.25) is 0 Å². The van der Waals surface area contributed by atoms with Crippen molar-refractivity contribution in [3.63, 3.8) is 0 Å². The molecule has 0 spiro atoms. The Kier molecular flexibility index (Phi) is 7.35. The number of likely N-dealkylation sites (N-methyl/N-ethyl adjacent to an activating group) is 1. The number of hydrogen-bond acceptors (Lipinski definition) is 5. The molecule has 1 aromatic carbocycles. The number of carbonyl (C=O) groups is 1. The van der Waals surface area contributed by atoms with E-state index in [1.165, 1.54) is 0 Å². The Bertz CT molecular complexity index is 540. The van der Waals surface area contributed by atoms with Crippen molar-refractivity contribution < 1.29 is 19.0 Å². The molecule has 0 heterocycles. The van der Waals surface area contributed by atoms with E-state index in [2.05, 4.69) is 0 Å². The Hall–Kier alpha value is -1.95. The first-order valence-electron chi connectivity index (χ1n) is 8.13. The molecular weight excluding hydrogens is 308 g/mol. The van der Waals surface area contributed by atoms with Gasteiger partial charge in [0.15, 0.2) is 11.5 Å². The molecule has 1 aromatic rings. The largest absolute Gasteiger partial charge is 0.493 e. The van der Waals surface area contributed by atoms with Gasteiger partial charge in [-0.1, -0.05) is 6.07 Å².